The van der Waals surface area contributed by atoms with Crippen molar-refractivity contribution in [3.63, 3.8) is 0 Å². The molecule has 0 spiro atoms. The molecule has 8 heteroatoms. The van der Waals surface area contributed by atoms with Gasteiger partial charge in [0, 0.05) is 59.3 Å². The second kappa shape index (κ2) is 13.8. The number of rotatable bonds is 12. The Morgan fingerprint density at radius 2 is 1.97 bits per heavy atom. The van der Waals surface area contributed by atoms with Crippen molar-refractivity contribution in [2.75, 3.05) is 66.1 Å². The van der Waals surface area contributed by atoms with E-state index in [0.29, 0.717) is 19.6 Å². The molecule has 1 N–H and O–H groups in total. The molecule has 0 aliphatic carbocycles. The minimum Gasteiger partial charge on any atom is -0.497 e. The number of carbonyl (C=O) groups excluding carboxylic acids is 1. The zero-order valence-electron chi connectivity index (χ0n) is 23.3. The second-order valence-electron chi connectivity index (χ2n) is 10.4. The predicted molar refractivity (Wildman–Crippen MR) is 149 cm³/mol. The number of benzene rings is 2. The molecule has 2 aromatic carbocycles. The molecule has 8 nitrogen and oxygen atoms in total. The van der Waals surface area contributed by atoms with Crippen LogP contribution in [0.2, 0.25) is 0 Å². The third-order valence-electron chi connectivity index (χ3n) is 7.57. The van der Waals surface area contributed by atoms with Gasteiger partial charge in [0.1, 0.15) is 18.1 Å². The molecule has 0 radical (unpaired) electrons. The summed E-state index contributed by atoms with van der Waals surface area (Å²) in [6, 6.07) is 15.0. The van der Waals surface area contributed by atoms with Crippen LogP contribution in [0.4, 0.5) is 5.69 Å². The Morgan fingerprint density at radius 3 is 2.71 bits per heavy atom. The number of methoxy groups -OCH3 is 2. The van der Waals surface area contributed by atoms with E-state index in [1.807, 2.05) is 26.2 Å². The van der Waals surface area contributed by atoms with Crippen molar-refractivity contribution in [1.82, 2.24) is 10.2 Å². The van der Waals surface area contributed by atoms with Crippen LogP contribution >= 0.6 is 0 Å². The molecular weight excluding hydrogens is 482 g/mol. The molecule has 3 atom stereocenters. The van der Waals surface area contributed by atoms with E-state index in [4.69, 9.17) is 18.9 Å². The van der Waals surface area contributed by atoms with Gasteiger partial charge in [-0.25, -0.2) is 0 Å². The maximum Gasteiger partial charge on any atom is 0.222 e. The summed E-state index contributed by atoms with van der Waals surface area (Å²) in [5.74, 6) is 2.18. The Bertz CT molecular complexity index is 1030. The third kappa shape index (κ3) is 7.40. The van der Waals surface area contributed by atoms with Crippen molar-refractivity contribution in [3.05, 3.63) is 53.6 Å². The van der Waals surface area contributed by atoms with Crippen LogP contribution in [0, 0.1) is 0 Å². The standard InChI is InChI=1S/C30H43N3O5/c1-32(2)30(34)13-9-24-19-26(23-7-10-25(36-4)11-8-23)29(20-31-24)38-21-22-6-12-28-27(18-22)33(15-17-37-28)14-5-16-35-3/h6-8,10-12,18,24,26,29,31H,5,9,13-17,19-21H2,1-4H3/t24-,26-,29+/m1/s1. The highest BCUT2D eigenvalue weighted by molar-refractivity contribution is 5.75. The zero-order valence-corrected chi connectivity index (χ0v) is 23.3. The third-order valence-corrected chi connectivity index (χ3v) is 7.57. The highest BCUT2D eigenvalue weighted by Crippen LogP contribution is 2.35. The molecule has 2 heterocycles. The first kappa shape index (κ1) is 28.2. The molecule has 2 aliphatic rings. The van der Waals surface area contributed by atoms with Crippen LogP contribution in [0.3, 0.4) is 0 Å². The number of amides is 1. The van der Waals surface area contributed by atoms with E-state index >= 15 is 0 Å². The molecule has 208 valence electrons. The van der Waals surface area contributed by atoms with E-state index < -0.39 is 0 Å². The fourth-order valence-corrected chi connectivity index (χ4v) is 5.33. The van der Waals surface area contributed by atoms with Crippen molar-refractivity contribution in [1.29, 1.82) is 0 Å². The molecule has 2 aromatic rings. The van der Waals surface area contributed by atoms with Gasteiger partial charge in [-0.15, -0.1) is 0 Å². The fourth-order valence-electron chi connectivity index (χ4n) is 5.33. The molecule has 2 aliphatic heterocycles. The lowest BCUT2D eigenvalue weighted by molar-refractivity contribution is -0.129. The van der Waals surface area contributed by atoms with E-state index in [2.05, 4.69) is 40.5 Å². The molecule has 1 saturated heterocycles. The molecule has 1 amide bonds. The Kier molecular flexibility index (Phi) is 10.3. The number of fused-ring (bicyclic) bond motifs is 1. The summed E-state index contributed by atoms with van der Waals surface area (Å²) in [5, 5.41) is 3.65. The summed E-state index contributed by atoms with van der Waals surface area (Å²) in [4.78, 5) is 16.2. The molecular formula is C30H43N3O5. The molecule has 1 fully saturated rings. The number of nitrogens with zero attached hydrogens (tertiary/aromatic N) is 2. The number of hydrogen-bond acceptors (Lipinski definition) is 7. The summed E-state index contributed by atoms with van der Waals surface area (Å²) >= 11 is 0. The number of nitrogens with one attached hydrogen (secondary N) is 1. The van der Waals surface area contributed by atoms with Crippen molar-refractivity contribution in [2.45, 2.75) is 50.4 Å². The summed E-state index contributed by atoms with van der Waals surface area (Å²) in [6.07, 6.45) is 3.29. The van der Waals surface area contributed by atoms with Gasteiger partial charge in [0.15, 0.2) is 0 Å². The van der Waals surface area contributed by atoms with E-state index in [1.165, 1.54) is 5.56 Å². The van der Waals surface area contributed by atoms with Gasteiger partial charge >= 0.3 is 0 Å². The quantitative estimate of drug-likeness (QED) is 0.422. The van der Waals surface area contributed by atoms with Gasteiger partial charge in [0.2, 0.25) is 5.91 Å². The Balaban J connectivity index is 1.44. The molecule has 0 unspecified atom stereocenters. The highest BCUT2D eigenvalue weighted by Gasteiger charge is 2.32. The zero-order chi connectivity index (χ0) is 26.9. The largest absolute Gasteiger partial charge is 0.497 e. The van der Waals surface area contributed by atoms with E-state index in [9.17, 15) is 4.79 Å². The SMILES string of the molecule is COCCCN1CCOc2ccc(CO[C@H]3CN[C@H](CCC(=O)N(C)C)C[C@@H]3c3ccc(OC)cc3)cc21. The number of piperidine rings is 1. The molecule has 0 bridgehead atoms. The smallest absolute Gasteiger partial charge is 0.222 e. The van der Waals surface area contributed by atoms with Crippen LogP contribution < -0.4 is 19.7 Å². The predicted octanol–water partition coefficient (Wildman–Crippen LogP) is 3.83. The van der Waals surface area contributed by atoms with Crippen LogP contribution in [0.25, 0.3) is 0 Å². The summed E-state index contributed by atoms with van der Waals surface area (Å²) < 4.78 is 23.1. The average Bonchev–Trinajstić information content (AvgIpc) is 2.95. The van der Waals surface area contributed by atoms with Crippen molar-refractivity contribution < 1.29 is 23.7 Å². The van der Waals surface area contributed by atoms with E-state index in [-0.39, 0.29) is 24.0 Å². The van der Waals surface area contributed by atoms with E-state index in [1.54, 1.807) is 19.1 Å². The first-order valence-corrected chi connectivity index (χ1v) is 13.7. The van der Waals surface area contributed by atoms with Crippen LogP contribution in [-0.2, 0) is 20.9 Å². The average molecular weight is 526 g/mol. The van der Waals surface area contributed by atoms with Gasteiger partial charge in [-0.3, -0.25) is 4.79 Å². The van der Waals surface area contributed by atoms with Gasteiger partial charge in [-0.1, -0.05) is 18.2 Å². The maximum atomic E-state index is 12.2. The fraction of sp³-hybridized carbons (Fsp3) is 0.567. The van der Waals surface area contributed by atoms with Crippen LogP contribution in [-0.4, -0.2) is 84.1 Å². The highest BCUT2D eigenvalue weighted by atomic mass is 16.5. The van der Waals surface area contributed by atoms with Crippen LogP contribution in [0.5, 0.6) is 11.5 Å². The Morgan fingerprint density at radius 1 is 1.16 bits per heavy atom. The summed E-state index contributed by atoms with van der Waals surface area (Å²) in [6.45, 7) is 4.55. The minimum atomic E-state index is 0.0225. The van der Waals surface area contributed by atoms with E-state index in [0.717, 1.165) is 68.3 Å². The number of ether oxygens (including phenoxy) is 4. The van der Waals surface area contributed by atoms with Crippen molar-refractivity contribution in [2.24, 2.45) is 0 Å². The van der Waals surface area contributed by atoms with Crippen molar-refractivity contribution >= 4 is 11.6 Å². The van der Waals surface area contributed by atoms with Crippen LogP contribution in [0.1, 0.15) is 42.7 Å². The number of carbonyl (C=O) groups is 1. The number of hydrogen-bond donors (Lipinski definition) is 1. The monoisotopic (exact) mass is 525 g/mol. The van der Waals surface area contributed by atoms with Gasteiger partial charge in [0.05, 0.1) is 32.1 Å². The maximum absolute atomic E-state index is 12.2. The molecule has 0 saturated carbocycles. The molecule has 0 aromatic heterocycles. The lowest BCUT2D eigenvalue weighted by atomic mass is 9.83. The minimum absolute atomic E-state index is 0.0225. The Hall–Kier alpha value is -2.81. The van der Waals surface area contributed by atoms with Gasteiger partial charge in [0.25, 0.3) is 0 Å². The Labute approximate surface area is 227 Å². The summed E-state index contributed by atoms with van der Waals surface area (Å²) in [7, 11) is 7.05. The van der Waals surface area contributed by atoms with Gasteiger partial charge in [-0.2, -0.15) is 0 Å². The first-order chi connectivity index (χ1) is 18.5. The first-order valence-electron chi connectivity index (χ1n) is 13.7. The molecule has 4 rings (SSSR count). The topological polar surface area (TPSA) is 72.5 Å². The van der Waals surface area contributed by atoms with Crippen molar-refractivity contribution in [3.8, 4) is 11.5 Å². The normalized spacial score (nSPS) is 20.9. The number of anilines is 1. The van der Waals surface area contributed by atoms with Gasteiger partial charge in [-0.05, 0) is 54.7 Å². The lowest BCUT2D eigenvalue weighted by Gasteiger charge is -2.37. The van der Waals surface area contributed by atoms with Gasteiger partial charge < -0.3 is 34.1 Å². The van der Waals surface area contributed by atoms with Crippen LogP contribution in [0.15, 0.2) is 42.5 Å². The second-order valence-corrected chi connectivity index (χ2v) is 10.4. The lowest BCUT2D eigenvalue weighted by Crippen LogP contribution is -2.47. The summed E-state index contributed by atoms with van der Waals surface area (Å²) in [5.41, 5.74) is 3.51. The molecule has 38 heavy (non-hydrogen) atoms.